The number of quaternary nitrogens is 1. The van der Waals surface area contributed by atoms with Crippen molar-refractivity contribution >= 4 is 46.1 Å². The molecule has 178 valence electrons. The van der Waals surface area contributed by atoms with Gasteiger partial charge in [-0.05, 0) is 37.3 Å². The van der Waals surface area contributed by atoms with Gasteiger partial charge in [0.15, 0.2) is 5.78 Å². The number of ketones is 1. The number of piperidine rings is 1. The third-order valence-electron chi connectivity index (χ3n) is 6.92. The van der Waals surface area contributed by atoms with E-state index < -0.39 is 0 Å². The fourth-order valence-electron chi connectivity index (χ4n) is 4.98. The monoisotopic (exact) mass is 487 g/mol. The number of nitrogens with zero attached hydrogens (tertiary/aromatic N) is 2. The molecule has 7 heteroatoms. The van der Waals surface area contributed by atoms with E-state index in [1.807, 2.05) is 37.4 Å². The molecule has 6 nitrogen and oxygen atoms in total. The first kappa shape index (κ1) is 23.3. The van der Waals surface area contributed by atoms with Gasteiger partial charge >= 0.3 is 0 Å². The van der Waals surface area contributed by atoms with Crippen molar-refractivity contribution in [1.29, 1.82) is 0 Å². The standard InChI is InChI=1S/C28H27ClN4O2/c1-18(34)21-7-3-4-8-22(21)28(35)32-33(2)15-13-19(14-16-33)27-23-9-5-6-10-24(23)30-25-12-11-20(29)17-26(25)31-27/h3-12,17,19H,13-16H2,1-2H3,(H-,30,31,32,35)/p+1. The number of fused-ring (bicyclic) bond motifs is 2. The second-order valence-corrected chi connectivity index (χ2v) is 9.93. The van der Waals surface area contributed by atoms with Crippen molar-refractivity contribution < 1.29 is 14.2 Å². The van der Waals surface area contributed by atoms with Gasteiger partial charge in [-0.15, -0.1) is 0 Å². The fraction of sp³-hybridized carbons (Fsp3) is 0.250. The number of hydrogen-bond acceptors (Lipinski definition) is 4. The number of rotatable bonds is 4. The van der Waals surface area contributed by atoms with Gasteiger partial charge in [-0.1, -0.05) is 48.0 Å². The normalized spacial score (nSPS) is 21.0. The van der Waals surface area contributed by atoms with Crippen molar-refractivity contribution in [1.82, 2.24) is 5.43 Å². The predicted octanol–water partition coefficient (Wildman–Crippen LogP) is 5.92. The Morgan fingerprint density at radius 2 is 1.66 bits per heavy atom. The molecule has 1 saturated heterocycles. The molecule has 35 heavy (non-hydrogen) atoms. The lowest BCUT2D eigenvalue weighted by molar-refractivity contribution is -0.947. The largest absolute Gasteiger partial charge is 0.353 e. The number of halogens is 1. The maximum absolute atomic E-state index is 13.1. The molecule has 0 saturated carbocycles. The molecule has 0 spiro atoms. The summed E-state index contributed by atoms with van der Waals surface area (Å²) in [5.74, 6) is -0.0895. The maximum Gasteiger partial charge on any atom is 0.296 e. The number of anilines is 2. The molecule has 0 atom stereocenters. The third kappa shape index (κ3) is 4.72. The second-order valence-electron chi connectivity index (χ2n) is 9.49. The summed E-state index contributed by atoms with van der Waals surface area (Å²) in [5, 5.41) is 4.17. The van der Waals surface area contributed by atoms with Crippen LogP contribution in [0.3, 0.4) is 0 Å². The number of amides is 1. The highest BCUT2D eigenvalue weighted by Crippen LogP contribution is 2.39. The lowest BCUT2D eigenvalue weighted by Gasteiger charge is -2.39. The van der Waals surface area contributed by atoms with Crippen LogP contribution < -0.4 is 10.7 Å². The molecule has 3 aromatic carbocycles. The van der Waals surface area contributed by atoms with E-state index in [1.54, 1.807) is 24.3 Å². The second kappa shape index (κ2) is 9.29. The van der Waals surface area contributed by atoms with E-state index in [4.69, 9.17) is 16.6 Å². The molecule has 0 unspecified atom stereocenters. The fourth-order valence-corrected chi connectivity index (χ4v) is 5.15. The Labute approximate surface area is 210 Å². The van der Waals surface area contributed by atoms with Gasteiger partial charge in [0.1, 0.15) is 13.1 Å². The van der Waals surface area contributed by atoms with Gasteiger partial charge < -0.3 is 5.32 Å². The van der Waals surface area contributed by atoms with E-state index in [0.717, 1.165) is 54.3 Å². The summed E-state index contributed by atoms with van der Waals surface area (Å²) in [6.07, 6.45) is 1.74. The van der Waals surface area contributed by atoms with Crippen LogP contribution in [0.2, 0.25) is 5.02 Å². The molecule has 1 fully saturated rings. The minimum absolute atomic E-state index is 0.115. The SMILES string of the molecule is CC(=O)c1ccccc1C(=O)N[N+]1(C)CCC(C2=Nc3cc(Cl)ccc3Nc3ccccc32)CC1. The van der Waals surface area contributed by atoms with Crippen molar-refractivity contribution in [3.63, 3.8) is 0 Å². The van der Waals surface area contributed by atoms with Crippen LogP contribution >= 0.6 is 11.6 Å². The molecule has 3 aromatic rings. The first-order valence-corrected chi connectivity index (χ1v) is 12.2. The van der Waals surface area contributed by atoms with Gasteiger partial charge in [-0.25, -0.2) is 4.59 Å². The highest BCUT2D eigenvalue weighted by molar-refractivity contribution is 6.31. The molecular formula is C28H28ClN4O2+. The van der Waals surface area contributed by atoms with Crippen molar-refractivity contribution in [3.8, 4) is 0 Å². The number of para-hydroxylation sites is 1. The van der Waals surface area contributed by atoms with Gasteiger partial charge in [0.2, 0.25) is 0 Å². The molecule has 0 bridgehead atoms. The molecule has 2 N–H and O–H groups in total. The van der Waals surface area contributed by atoms with Gasteiger partial charge in [0.25, 0.3) is 5.91 Å². The zero-order valence-electron chi connectivity index (χ0n) is 19.8. The lowest BCUT2D eigenvalue weighted by Crippen LogP contribution is -2.61. The average molecular weight is 488 g/mol. The van der Waals surface area contributed by atoms with Crippen LogP contribution in [-0.2, 0) is 0 Å². The van der Waals surface area contributed by atoms with Gasteiger partial charge in [-0.2, -0.15) is 5.43 Å². The average Bonchev–Trinajstić information content (AvgIpc) is 3.01. The van der Waals surface area contributed by atoms with Crippen LogP contribution in [0.15, 0.2) is 71.7 Å². The Bertz CT molecular complexity index is 1340. The van der Waals surface area contributed by atoms with Gasteiger partial charge in [0, 0.05) is 40.6 Å². The molecule has 2 aliphatic heterocycles. The molecule has 5 rings (SSSR count). The number of benzene rings is 3. The molecule has 0 radical (unpaired) electrons. The van der Waals surface area contributed by atoms with Crippen LogP contribution in [0.5, 0.6) is 0 Å². The van der Waals surface area contributed by atoms with Crippen molar-refractivity contribution in [2.75, 3.05) is 25.5 Å². The van der Waals surface area contributed by atoms with Crippen LogP contribution in [0, 0.1) is 5.92 Å². The highest BCUT2D eigenvalue weighted by atomic mass is 35.5. The van der Waals surface area contributed by atoms with E-state index in [9.17, 15) is 9.59 Å². The van der Waals surface area contributed by atoms with Crippen LogP contribution in [-0.4, -0.2) is 42.1 Å². The van der Waals surface area contributed by atoms with Crippen LogP contribution in [0.25, 0.3) is 0 Å². The first-order chi connectivity index (χ1) is 16.8. The summed E-state index contributed by atoms with van der Waals surface area (Å²) in [4.78, 5) is 30.2. The molecule has 0 aliphatic carbocycles. The van der Waals surface area contributed by atoms with Crippen molar-refractivity contribution in [2.24, 2.45) is 10.9 Å². The van der Waals surface area contributed by atoms with E-state index in [0.29, 0.717) is 20.7 Å². The Morgan fingerprint density at radius 3 is 2.40 bits per heavy atom. The van der Waals surface area contributed by atoms with Gasteiger partial charge in [-0.3, -0.25) is 14.6 Å². The number of Topliss-reactive ketones (excluding diaryl/α,β-unsaturated/α-hetero) is 1. The summed E-state index contributed by atoms with van der Waals surface area (Å²) >= 11 is 6.28. The highest BCUT2D eigenvalue weighted by Gasteiger charge is 2.36. The van der Waals surface area contributed by atoms with Crippen LogP contribution in [0.4, 0.5) is 17.1 Å². The smallest absolute Gasteiger partial charge is 0.296 e. The molecule has 2 heterocycles. The summed E-state index contributed by atoms with van der Waals surface area (Å²) in [6.45, 7) is 3.00. The molecule has 2 aliphatic rings. The molecular weight excluding hydrogens is 460 g/mol. The Hall–Kier alpha value is -3.48. The topological polar surface area (TPSA) is 70.6 Å². The Morgan fingerprint density at radius 1 is 0.971 bits per heavy atom. The maximum atomic E-state index is 13.1. The number of carbonyl (C=O) groups is 2. The lowest BCUT2D eigenvalue weighted by atomic mass is 9.87. The molecule has 0 aromatic heterocycles. The summed E-state index contributed by atoms with van der Waals surface area (Å²) < 4.78 is 0.414. The number of carbonyl (C=O) groups excluding carboxylic acids is 2. The summed E-state index contributed by atoms with van der Waals surface area (Å²) in [6, 6.07) is 20.9. The van der Waals surface area contributed by atoms with E-state index in [-0.39, 0.29) is 17.6 Å². The van der Waals surface area contributed by atoms with Crippen LogP contribution in [0.1, 0.15) is 46.0 Å². The number of nitrogens with one attached hydrogen (secondary N) is 2. The Kier molecular flexibility index (Phi) is 6.17. The number of hydrogen-bond donors (Lipinski definition) is 2. The zero-order chi connectivity index (χ0) is 24.6. The minimum atomic E-state index is -0.221. The predicted molar refractivity (Wildman–Crippen MR) is 140 cm³/mol. The van der Waals surface area contributed by atoms with E-state index in [2.05, 4.69) is 22.9 Å². The third-order valence-corrected chi connectivity index (χ3v) is 7.16. The number of likely N-dealkylation sites (tertiary alicyclic amines) is 1. The van der Waals surface area contributed by atoms with Gasteiger partial charge in [0.05, 0.1) is 29.7 Å². The van der Waals surface area contributed by atoms with Crippen molar-refractivity contribution in [2.45, 2.75) is 19.8 Å². The molecule has 1 amide bonds. The summed E-state index contributed by atoms with van der Waals surface area (Å²) in [5.41, 5.74) is 8.97. The van der Waals surface area contributed by atoms with E-state index in [1.165, 1.54) is 6.92 Å². The van der Waals surface area contributed by atoms with Crippen molar-refractivity contribution in [3.05, 3.63) is 88.4 Å². The zero-order valence-corrected chi connectivity index (χ0v) is 20.6. The number of aliphatic imine (C=N–C) groups is 1. The first-order valence-electron chi connectivity index (χ1n) is 11.8. The van der Waals surface area contributed by atoms with E-state index >= 15 is 0 Å². The Balaban J connectivity index is 1.38. The quantitative estimate of drug-likeness (QED) is 0.354. The summed E-state index contributed by atoms with van der Waals surface area (Å²) in [7, 11) is 2.03. The minimum Gasteiger partial charge on any atom is -0.353 e.